The number of nitrogens with zero attached hydrogens (tertiary/aromatic N) is 2. The first-order valence-electron chi connectivity index (χ1n) is 18.1. The van der Waals surface area contributed by atoms with Gasteiger partial charge in [0.2, 0.25) is 21.8 Å². The molecule has 3 N–H and O–H groups in total. The number of alkyl carbamates (subject to hydrolysis) is 1. The summed E-state index contributed by atoms with van der Waals surface area (Å²) in [6, 6.07) is 11.3. The Bertz CT molecular complexity index is 2000. The van der Waals surface area contributed by atoms with Crippen molar-refractivity contribution in [2.45, 2.75) is 88.8 Å². The van der Waals surface area contributed by atoms with Crippen LogP contribution in [0.25, 0.3) is 11.1 Å². The maximum absolute atomic E-state index is 14.5. The largest absolute Gasteiger partial charge is 0.490 e. The van der Waals surface area contributed by atoms with Gasteiger partial charge in [0, 0.05) is 17.5 Å². The fourth-order valence-corrected chi connectivity index (χ4v) is 8.74. The fourth-order valence-electron chi connectivity index (χ4n) is 7.38. The van der Waals surface area contributed by atoms with Crippen LogP contribution in [-0.4, -0.2) is 91.6 Å². The lowest BCUT2D eigenvalue weighted by Crippen LogP contribution is -2.60. The van der Waals surface area contributed by atoms with Crippen molar-refractivity contribution in [2.75, 3.05) is 19.8 Å². The molecule has 3 aliphatic carbocycles. The summed E-state index contributed by atoms with van der Waals surface area (Å²) in [7, 11) is -3.87. The number of carbonyl (C=O) groups excluding carboxylic acids is 4. The number of hydrogen-bond acceptors (Lipinski definition) is 10. The third kappa shape index (κ3) is 7.22. The minimum absolute atomic E-state index is 0.0208. The second kappa shape index (κ2) is 13.8. The van der Waals surface area contributed by atoms with Crippen LogP contribution in [0.15, 0.2) is 59.8 Å². The van der Waals surface area contributed by atoms with E-state index in [0.717, 1.165) is 22.3 Å². The second-order valence-electron chi connectivity index (χ2n) is 15.4. The zero-order valence-electron chi connectivity index (χ0n) is 30.2. The van der Waals surface area contributed by atoms with Crippen LogP contribution in [0.1, 0.15) is 70.9 Å². The average Bonchev–Trinajstić information content (AvgIpc) is 4.03. The van der Waals surface area contributed by atoms with Crippen molar-refractivity contribution in [1.29, 1.82) is 0 Å². The van der Waals surface area contributed by atoms with Crippen molar-refractivity contribution in [3.05, 3.63) is 65.7 Å². The van der Waals surface area contributed by atoms with E-state index < -0.39 is 68.2 Å². The van der Waals surface area contributed by atoms with Gasteiger partial charge in [-0.05, 0) is 72.1 Å². The molecule has 2 aromatic carbocycles. The van der Waals surface area contributed by atoms with Crippen molar-refractivity contribution in [1.82, 2.24) is 20.3 Å². The van der Waals surface area contributed by atoms with Gasteiger partial charge in [0.1, 0.15) is 48.4 Å². The summed E-state index contributed by atoms with van der Waals surface area (Å²) in [5.41, 5.74) is 1.89. The van der Waals surface area contributed by atoms with Crippen molar-refractivity contribution in [3.8, 4) is 16.9 Å². The topological polar surface area (TPSA) is 182 Å². The van der Waals surface area contributed by atoms with Crippen LogP contribution in [0.3, 0.4) is 0 Å². The molecule has 2 heterocycles. The highest BCUT2D eigenvalue weighted by atomic mass is 32.2. The van der Waals surface area contributed by atoms with E-state index in [1.807, 2.05) is 49.4 Å². The molecule has 4 bridgehead atoms. The minimum atomic E-state index is -3.87. The van der Waals surface area contributed by atoms with E-state index in [9.17, 15) is 27.6 Å². The van der Waals surface area contributed by atoms with Gasteiger partial charge < -0.3 is 29.8 Å². The van der Waals surface area contributed by atoms with Crippen LogP contribution in [0.2, 0.25) is 0 Å². The molecule has 0 radical (unpaired) electrons. The van der Waals surface area contributed by atoms with Crippen molar-refractivity contribution in [3.63, 3.8) is 0 Å². The molecule has 14 nitrogen and oxygen atoms in total. The molecule has 7 rings (SSSR count). The van der Waals surface area contributed by atoms with E-state index in [4.69, 9.17) is 14.3 Å². The number of nitrogens with one attached hydrogen (secondary N) is 3. The summed E-state index contributed by atoms with van der Waals surface area (Å²) in [4.78, 5) is 62.8. The Morgan fingerprint density at radius 3 is 2.38 bits per heavy atom. The minimum Gasteiger partial charge on any atom is -0.490 e. The van der Waals surface area contributed by atoms with E-state index in [2.05, 4.69) is 20.5 Å². The molecule has 0 aromatic heterocycles. The molecule has 4 amide bonds. The van der Waals surface area contributed by atoms with E-state index in [-0.39, 0.29) is 38.5 Å². The van der Waals surface area contributed by atoms with Gasteiger partial charge >= 0.3 is 6.09 Å². The number of sulfonamides is 1. The maximum Gasteiger partial charge on any atom is 0.408 e. The Balaban J connectivity index is 1.22. The maximum atomic E-state index is 14.5. The van der Waals surface area contributed by atoms with Crippen LogP contribution in [0.5, 0.6) is 5.75 Å². The fraction of sp³-hybridized carbons (Fsp3) is 0.500. The van der Waals surface area contributed by atoms with Crippen molar-refractivity contribution < 1.29 is 41.9 Å². The predicted molar refractivity (Wildman–Crippen MR) is 194 cm³/mol. The zero-order chi connectivity index (χ0) is 37.7. The lowest BCUT2D eigenvalue weighted by Gasteiger charge is -2.35. The summed E-state index contributed by atoms with van der Waals surface area (Å²) in [6.07, 6.45) is 3.54. The number of hydrogen-bond donors (Lipinski definition) is 3. The number of carbonyl (C=O) groups is 4. The molecule has 2 aromatic rings. The lowest BCUT2D eigenvalue weighted by molar-refractivity contribution is -0.143. The van der Waals surface area contributed by atoms with Gasteiger partial charge in [0.25, 0.3) is 5.91 Å². The van der Waals surface area contributed by atoms with Gasteiger partial charge in [-0.2, -0.15) is 0 Å². The number of fused-ring (bicyclic) bond motifs is 6. The molecule has 53 heavy (non-hydrogen) atoms. The molecule has 5 atom stereocenters. The van der Waals surface area contributed by atoms with Crippen LogP contribution in [0, 0.1) is 11.3 Å². The summed E-state index contributed by atoms with van der Waals surface area (Å²) in [5.74, 6) is -1.65. The summed E-state index contributed by atoms with van der Waals surface area (Å²) in [6.45, 7) is 7.32. The monoisotopic (exact) mass is 747 g/mol. The Labute approximate surface area is 308 Å². The smallest absolute Gasteiger partial charge is 0.408 e. The van der Waals surface area contributed by atoms with E-state index in [1.54, 1.807) is 32.9 Å². The third-order valence-electron chi connectivity index (χ3n) is 10.6. The Kier molecular flexibility index (Phi) is 9.49. The lowest BCUT2D eigenvalue weighted by atomic mass is 9.85. The molecular weight excluding hydrogens is 703 g/mol. The molecule has 15 heteroatoms. The highest BCUT2D eigenvalue weighted by molar-refractivity contribution is 7.91. The first-order chi connectivity index (χ1) is 25.2. The normalized spacial score (nSPS) is 28.6. The number of benzene rings is 2. The van der Waals surface area contributed by atoms with E-state index in [1.165, 1.54) is 4.90 Å². The Morgan fingerprint density at radius 1 is 1.00 bits per heavy atom. The molecule has 0 spiro atoms. The van der Waals surface area contributed by atoms with Gasteiger partial charge in [-0.1, -0.05) is 63.5 Å². The first kappa shape index (κ1) is 36.4. The molecular formula is C38H45N5O9S. The van der Waals surface area contributed by atoms with E-state index >= 15 is 0 Å². The third-order valence-corrected chi connectivity index (χ3v) is 12.4. The molecule has 3 fully saturated rings. The standard InChI is InChI=1S/C38H45N5O9S/c1-5-22-20-38(22,35(46)42-53(48,49)25-13-14-25)40-33(44)30-19-24-21-43(30)34(45)32(37(2,3)4)39-36(47)51-17-9-8-16-50-23-12-15-27-26-10-6-7-11-28(26)31(41-52-24)29(27)18-23/h6-12,15,18,22,24-25,30,32H,5,13-14,16-17,19-21H2,1-4H3,(H,39,47)(H,40,44)(H,42,46)/b9-8-,41-31+/t22-,24?,30?,32-,38?/m1/s1. The summed E-state index contributed by atoms with van der Waals surface area (Å²) < 4.78 is 38.9. The van der Waals surface area contributed by atoms with Crippen LogP contribution in [-0.2, 0) is 34.0 Å². The Hall–Kier alpha value is -4.92. The van der Waals surface area contributed by atoms with Gasteiger partial charge in [-0.25, -0.2) is 13.2 Å². The molecule has 3 unspecified atom stereocenters. The summed E-state index contributed by atoms with van der Waals surface area (Å²) >= 11 is 0. The molecule has 2 aliphatic heterocycles. The molecule has 5 aliphatic rings. The van der Waals surface area contributed by atoms with Crippen LogP contribution >= 0.6 is 0 Å². The molecule has 282 valence electrons. The van der Waals surface area contributed by atoms with E-state index in [0.29, 0.717) is 30.7 Å². The van der Waals surface area contributed by atoms with Crippen molar-refractivity contribution >= 4 is 39.5 Å². The van der Waals surface area contributed by atoms with Crippen LogP contribution in [0.4, 0.5) is 4.79 Å². The zero-order valence-corrected chi connectivity index (χ0v) is 31.0. The Morgan fingerprint density at radius 2 is 1.70 bits per heavy atom. The number of rotatable bonds is 6. The second-order valence-corrected chi connectivity index (χ2v) is 17.4. The summed E-state index contributed by atoms with van der Waals surface area (Å²) in [5, 5.41) is 9.55. The quantitative estimate of drug-likeness (QED) is 0.319. The first-order valence-corrected chi connectivity index (χ1v) is 19.6. The van der Waals surface area contributed by atoms with Crippen LogP contribution < -0.4 is 20.1 Å². The SMILES string of the molecule is CC[C@@H]1CC1(NC(=O)C1CC2CN1C(=O)[C@H](C(C)(C)C)NC(=O)OC/C=C\COc1ccc3c(c1)/C(=N/O2)c1ccccc1-3)C(=O)NS(=O)(=O)C1CC1. The molecule has 1 saturated heterocycles. The van der Waals surface area contributed by atoms with Gasteiger partial charge in [-0.3, -0.25) is 19.1 Å². The molecule has 2 saturated carbocycles. The highest BCUT2D eigenvalue weighted by Gasteiger charge is 2.62. The van der Waals surface area contributed by atoms with Gasteiger partial charge in [0.05, 0.1) is 11.8 Å². The number of oxime groups is 1. The average molecular weight is 748 g/mol. The number of ether oxygens (including phenoxy) is 2. The number of cyclic esters (lactones) is 1. The predicted octanol–water partition coefficient (Wildman–Crippen LogP) is 3.39. The van der Waals surface area contributed by atoms with Gasteiger partial charge in [0.15, 0.2) is 0 Å². The number of amides is 4. The van der Waals surface area contributed by atoms with Gasteiger partial charge in [-0.15, -0.1) is 0 Å². The highest BCUT2D eigenvalue weighted by Crippen LogP contribution is 2.47. The van der Waals surface area contributed by atoms with Crippen molar-refractivity contribution in [2.24, 2.45) is 16.5 Å².